The highest BCUT2D eigenvalue weighted by Gasteiger charge is 2.35. The van der Waals surface area contributed by atoms with E-state index in [1.807, 2.05) is 12.1 Å². The maximum absolute atomic E-state index is 6.30. The lowest BCUT2D eigenvalue weighted by Gasteiger charge is -2.29. The maximum Gasteiger partial charge on any atom is 0.0706 e. The molecular weight excluding hydrogens is 234 g/mol. The van der Waals surface area contributed by atoms with Crippen molar-refractivity contribution in [3.05, 3.63) is 42.1 Å². The van der Waals surface area contributed by atoms with Crippen molar-refractivity contribution in [1.29, 1.82) is 0 Å². The number of hydrogen-bond donors (Lipinski definition) is 1. The highest BCUT2D eigenvalue weighted by Crippen LogP contribution is 2.32. The molecule has 3 heteroatoms. The molecule has 0 bridgehead atoms. The smallest absolute Gasteiger partial charge is 0.0706 e. The Hall–Kier alpha value is -1.45. The van der Waals surface area contributed by atoms with Gasteiger partial charge in [-0.2, -0.15) is 0 Å². The molecule has 1 aromatic heterocycles. The van der Waals surface area contributed by atoms with Crippen LogP contribution in [0.4, 0.5) is 0 Å². The molecule has 1 aromatic carbocycles. The van der Waals surface area contributed by atoms with Crippen LogP contribution in [0.25, 0.3) is 10.9 Å². The van der Waals surface area contributed by atoms with Crippen molar-refractivity contribution in [2.75, 3.05) is 6.54 Å². The molecule has 0 saturated carbocycles. The van der Waals surface area contributed by atoms with Gasteiger partial charge in [-0.15, -0.1) is 0 Å². The summed E-state index contributed by atoms with van der Waals surface area (Å²) < 4.78 is 0. The molecule has 3 rings (SSSR count). The number of nitrogens with two attached hydrogens (primary N) is 1. The minimum absolute atomic E-state index is 0.191. The Morgan fingerprint density at radius 2 is 2.00 bits per heavy atom. The van der Waals surface area contributed by atoms with Crippen LogP contribution in [0.1, 0.15) is 32.0 Å². The molecule has 1 fully saturated rings. The van der Waals surface area contributed by atoms with Gasteiger partial charge < -0.3 is 5.73 Å². The number of nitrogens with zero attached hydrogens (tertiary/aromatic N) is 2. The van der Waals surface area contributed by atoms with Crippen molar-refractivity contribution in [1.82, 2.24) is 9.88 Å². The second-order valence-electron chi connectivity index (χ2n) is 5.66. The molecule has 2 unspecified atom stereocenters. The van der Waals surface area contributed by atoms with Gasteiger partial charge in [-0.25, -0.2) is 0 Å². The predicted octanol–water partition coefficient (Wildman–Crippen LogP) is 2.72. The summed E-state index contributed by atoms with van der Waals surface area (Å²) in [5.74, 6) is 0. The van der Waals surface area contributed by atoms with Crippen LogP contribution < -0.4 is 5.73 Å². The summed E-state index contributed by atoms with van der Waals surface area (Å²) in [5.41, 5.74) is 8.47. The van der Waals surface area contributed by atoms with Crippen molar-refractivity contribution >= 4 is 10.9 Å². The first-order valence-corrected chi connectivity index (χ1v) is 7.04. The van der Waals surface area contributed by atoms with E-state index < -0.39 is 0 Å². The van der Waals surface area contributed by atoms with Crippen LogP contribution in [0, 0.1) is 0 Å². The van der Waals surface area contributed by atoms with Crippen LogP contribution in [0.5, 0.6) is 0 Å². The van der Waals surface area contributed by atoms with E-state index in [1.54, 1.807) is 0 Å². The third-order valence-corrected chi connectivity index (χ3v) is 4.07. The zero-order valence-electron chi connectivity index (χ0n) is 11.6. The molecule has 2 heterocycles. The zero-order valence-corrected chi connectivity index (χ0v) is 11.6. The lowest BCUT2D eigenvalue weighted by atomic mass is 10.0. The molecule has 0 spiro atoms. The Bertz CT molecular complexity index is 579. The molecule has 2 atom stereocenters. The quantitative estimate of drug-likeness (QED) is 0.897. The average molecular weight is 255 g/mol. The summed E-state index contributed by atoms with van der Waals surface area (Å²) in [7, 11) is 0. The van der Waals surface area contributed by atoms with Crippen molar-refractivity contribution < 1.29 is 0 Å². The van der Waals surface area contributed by atoms with Gasteiger partial charge >= 0.3 is 0 Å². The van der Waals surface area contributed by atoms with E-state index in [0.717, 1.165) is 24.2 Å². The molecule has 2 N–H and O–H groups in total. The van der Waals surface area contributed by atoms with Crippen molar-refractivity contribution in [2.24, 2.45) is 5.73 Å². The fourth-order valence-corrected chi connectivity index (χ4v) is 3.06. The standard InChI is InChI=1S/C16H21N3/c1-11(2)19-10-9-13(17)16(19)15-8-7-12-5-3-4-6-14(12)18-15/h3-8,11,13,16H,9-10,17H2,1-2H3. The van der Waals surface area contributed by atoms with E-state index in [1.165, 1.54) is 5.39 Å². The van der Waals surface area contributed by atoms with E-state index >= 15 is 0 Å². The van der Waals surface area contributed by atoms with E-state index in [-0.39, 0.29) is 12.1 Å². The Labute approximate surface area is 114 Å². The van der Waals surface area contributed by atoms with E-state index in [0.29, 0.717) is 6.04 Å². The van der Waals surface area contributed by atoms with Crippen LogP contribution in [-0.2, 0) is 0 Å². The molecule has 0 amide bonds. The number of rotatable bonds is 2. The zero-order chi connectivity index (χ0) is 13.4. The molecular formula is C16H21N3. The van der Waals surface area contributed by atoms with Crippen LogP contribution >= 0.6 is 0 Å². The summed E-state index contributed by atoms with van der Waals surface area (Å²) >= 11 is 0. The van der Waals surface area contributed by atoms with Gasteiger partial charge in [0.2, 0.25) is 0 Å². The van der Waals surface area contributed by atoms with Gasteiger partial charge in [0.15, 0.2) is 0 Å². The number of aromatic nitrogens is 1. The molecule has 1 saturated heterocycles. The van der Waals surface area contributed by atoms with Crippen LogP contribution in [0.15, 0.2) is 36.4 Å². The number of para-hydroxylation sites is 1. The molecule has 2 aromatic rings. The van der Waals surface area contributed by atoms with Crippen LogP contribution in [0.3, 0.4) is 0 Å². The Morgan fingerprint density at radius 3 is 2.79 bits per heavy atom. The highest BCUT2D eigenvalue weighted by molar-refractivity contribution is 5.78. The van der Waals surface area contributed by atoms with E-state index in [4.69, 9.17) is 10.7 Å². The lowest BCUT2D eigenvalue weighted by Crippen LogP contribution is -2.36. The SMILES string of the molecule is CC(C)N1CCC(N)C1c1ccc2ccccc2n1. The molecule has 1 aliphatic rings. The highest BCUT2D eigenvalue weighted by atomic mass is 15.2. The minimum atomic E-state index is 0.191. The van der Waals surface area contributed by atoms with E-state index in [9.17, 15) is 0 Å². The third kappa shape index (κ3) is 2.24. The molecule has 0 aliphatic carbocycles. The number of benzene rings is 1. The van der Waals surface area contributed by atoms with Gasteiger partial charge in [0.05, 0.1) is 17.3 Å². The minimum Gasteiger partial charge on any atom is -0.326 e. The molecule has 1 aliphatic heterocycles. The monoisotopic (exact) mass is 255 g/mol. The van der Waals surface area contributed by atoms with Crippen LogP contribution in [-0.4, -0.2) is 28.5 Å². The van der Waals surface area contributed by atoms with Gasteiger partial charge in [-0.1, -0.05) is 24.3 Å². The summed E-state index contributed by atoms with van der Waals surface area (Å²) in [4.78, 5) is 7.28. The number of fused-ring (bicyclic) bond motifs is 1. The third-order valence-electron chi connectivity index (χ3n) is 4.07. The Balaban J connectivity index is 2.02. The topological polar surface area (TPSA) is 42.1 Å². The normalized spacial score (nSPS) is 24.4. The van der Waals surface area contributed by atoms with Crippen molar-refractivity contribution in [3.8, 4) is 0 Å². The van der Waals surface area contributed by atoms with Gasteiger partial charge in [0.25, 0.3) is 0 Å². The Morgan fingerprint density at radius 1 is 1.21 bits per heavy atom. The van der Waals surface area contributed by atoms with Gasteiger partial charge in [-0.3, -0.25) is 9.88 Å². The largest absolute Gasteiger partial charge is 0.326 e. The number of pyridine rings is 1. The molecule has 3 nitrogen and oxygen atoms in total. The van der Waals surface area contributed by atoms with Crippen molar-refractivity contribution in [2.45, 2.75) is 38.4 Å². The fourth-order valence-electron chi connectivity index (χ4n) is 3.06. The first-order valence-electron chi connectivity index (χ1n) is 7.04. The number of likely N-dealkylation sites (tertiary alicyclic amines) is 1. The molecule has 0 radical (unpaired) electrons. The summed E-state index contributed by atoms with van der Waals surface area (Å²) in [6.45, 7) is 5.52. The average Bonchev–Trinajstić information content (AvgIpc) is 2.80. The van der Waals surface area contributed by atoms with Crippen LogP contribution in [0.2, 0.25) is 0 Å². The summed E-state index contributed by atoms with van der Waals surface area (Å²) in [6, 6.07) is 13.5. The first kappa shape index (κ1) is 12.6. The lowest BCUT2D eigenvalue weighted by molar-refractivity contribution is 0.195. The van der Waals surface area contributed by atoms with Gasteiger partial charge in [0, 0.05) is 24.0 Å². The Kier molecular flexibility index (Phi) is 3.25. The van der Waals surface area contributed by atoms with Crippen molar-refractivity contribution in [3.63, 3.8) is 0 Å². The fraction of sp³-hybridized carbons (Fsp3) is 0.438. The van der Waals surface area contributed by atoms with E-state index in [2.05, 4.69) is 43.0 Å². The summed E-state index contributed by atoms with van der Waals surface area (Å²) in [6.07, 6.45) is 1.05. The van der Waals surface area contributed by atoms with Gasteiger partial charge in [-0.05, 0) is 32.4 Å². The van der Waals surface area contributed by atoms with Gasteiger partial charge in [0.1, 0.15) is 0 Å². The molecule has 19 heavy (non-hydrogen) atoms. The predicted molar refractivity (Wildman–Crippen MR) is 78.9 cm³/mol. The summed E-state index contributed by atoms with van der Waals surface area (Å²) in [5, 5.41) is 1.19. The second kappa shape index (κ2) is 4.91. The first-order chi connectivity index (χ1) is 9.16. The second-order valence-corrected chi connectivity index (χ2v) is 5.66. The maximum atomic E-state index is 6.30. The molecule has 100 valence electrons. The number of hydrogen-bond acceptors (Lipinski definition) is 3.